The Morgan fingerprint density at radius 1 is 2.12 bits per heavy atom. The third kappa shape index (κ3) is 3.40. The first kappa shape index (κ1) is 5.34. The summed E-state index contributed by atoms with van der Waals surface area (Å²) < 4.78 is 6.33. The van der Waals surface area contributed by atoms with Crippen LogP contribution in [0.1, 0.15) is 8.29 Å². The van der Waals surface area contributed by atoms with E-state index in [0.29, 0.717) is 13.8 Å². The zero-order valence-electron chi connectivity index (χ0n) is 5.60. The molecule has 0 aromatic rings. The lowest BCUT2D eigenvalue weighted by atomic mass is 9.80. The van der Waals surface area contributed by atoms with E-state index in [1.807, 2.05) is 0 Å². The van der Waals surface area contributed by atoms with E-state index in [1.54, 1.807) is 6.92 Å². The second-order valence-electron chi connectivity index (χ2n) is 1.16. The summed E-state index contributed by atoms with van der Waals surface area (Å²) in [6, 6.07) is 0. The molecule has 0 aliphatic heterocycles. The lowest BCUT2D eigenvalue weighted by Gasteiger charge is -1.92. The number of hydrogen-bond acceptors (Lipinski definition) is 2. The summed E-state index contributed by atoms with van der Waals surface area (Å²) in [6.07, 6.45) is -0.971. The molecular formula is C4H7BNO2. The number of nitrogens with one attached hydrogen (secondary N) is 1. The van der Waals surface area contributed by atoms with Gasteiger partial charge in [-0.15, -0.1) is 0 Å². The third-order valence-electron chi connectivity index (χ3n) is 0.541. The maximum Gasteiger partial charge on any atom is 0.315 e. The molecule has 0 fully saturated rings. The van der Waals surface area contributed by atoms with E-state index in [-0.39, 0.29) is 0 Å². The predicted octanol–water partition coefficient (Wildman–Crippen LogP) is -0.390. The number of carbonyl (C=O) groups is 2. The molecule has 43 valence electrons. The van der Waals surface area contributed by atoms with E-state index in [2.05, 4.69) is 5.32 Å². The van der Waals surface area contributed by atoms with Gasteiger partial charge in [-0.3, -0.25) is 4.79 Å². The van der Waals surface area contributed by atoms with E-state index in [1.165, 1.54) is 0 Å². The molecular weight excluding hydrogens is 105 g/mol. The molecule has 3 nitrogen and oxygen atoms in total. The molecule has 0 unspecified atom stereocenters. The smallest absolute Gasteiger partial charge is 0.315 e. The number of carbonyl (C=O) groups excluding carboxylic acids is 2. The summed E-state index contributed by atoms with van der Waals surface area (Å²) >= 11 is 0. The van der Waals surface area contributed by atoms with Gasteiger partial charge in [0, 0.05) is 6.54 Å². The summed E-state index contributed by atoms with van der Waals surface area (Å²) in [7, 11) is 0.698. The Bertz CT molecular complexity index is 128. The van der Waals surface area contributed by atoms with E-state index >= 15 is 0 Å². The first-order valence-corrected chi connectivity index (χ1v) is 2.30. The molecule has 0 saturated carbocycles. The third-order valence-corrected chi connectivity index (χ3v) is 0.541. The minimum Gasteiger partial charge on any atom is -0.365 e. The molecule has 0 bridgehead atoms. The Kier molecular flexibility index (Phi) is 2.92. The van der Waals surface area contributed by atoms with Crippen LogP contribution in [0.4, 0.5) is 4.79 Å². The van der Waals surface area contributed by atoms with Crippen molar-refractivity contribution in [2.24, 2.45) is 0 Å². The zero-order valence-corrected chi connectivity index (χ0v) is 4.60. The van der Waals surface area contributed by atoms with Gasteiger partial charge in [0.1, 0.15) is 0 Å². The van der Waals surface area contributed by atoms with Crippen molar-refractivity contribution in [1.82, 2.24) is 5.32 Å². The van der Waals surface area contributed by atoms with Crippen LogP contribution < -0.4 is 5.32 Å². The zero-order chi connectivity index (χ0) is 7.28. The molecule has 0 aliphatic rings. The highest BCUT2D eigenvalue weighted by molar-refractivity contribution is 6.92. The van der Waals surface area contributed by atoms with Gasteiger partial charge in [0.2, 0.25) is 0 Å². The summed E-state index contributed by atoms with van der Waals surface area (Å²) in [4.78, 5) is 20.2. The van der Waals surface area contributed by atoms with Gasteiger partial charge in [0.15, 0.2) is 5.81 Å². The van der Waals surface area contributed by atoms with E-state index < -0.39 is 12.0 Å². The maximum atomic E-state index is 10.3. The van der Waals surface area contributed by atoms with Gasteiger partial charge in [0.05, 0.1) is 7.53 Å². The van der Waals surface area contributed by atoms with Crippen molar-refractivity contribution in [3.05, 3.63) is 0 Å². The van der Waals surface area contributed by atoms with Crippen LogP contribution in [0.5, 0.6) is 0 Å². The fourth-order valence-corrected chi connectivity index (χ4v) is 0.279. The largest absolute Gasteiger partial charge is 0.365 e. The number of rotatable bonds is 3. The Labute approximate surface area is 50.1 Å². The minimum absolute atomic E-state index is 0.475. The van der Waals surface area contributed by atoms with Crippen LogP contribution in [0.2, 0.25) is 0 Å². The van der Waals surface area contributed by atoms with Crippen LogP contribution in [0, 0.1) is 0 Å². The average molecular weight is 113 g/mol. The topological polar surface area (TPSA) is 46.2 Å². The van der Waals surface area contributed by atoms with Gasteiger partial charge in [-0.05, 0) is 6.92 Å². The first-order chi connectivity index (χ1) is 4.16. The highest BCUT2D eigenvalue weighted by Crippen LogP contribution is 1.61. The van der Waals surface area contributed by atoms with E-state index in [0.717, 1.165) is 0 Å². The second-order valence-corrected chi connectivity index (χ2v) is 1.16. The average Bonchev–Trinajstić information content (AvgIpc) is 1.63. The van der Waals surface area contributed by atoms with Gasteiger partial charge in [-0.25, -0.2) is 0 Å². The second kappa shape index (κ2) is 4.37. The molecule has 0 aromatic heterocycles. The highest BCUT2D eigenvalue weighted by Gasteiger charge is 1.97. The molecule has 8 heavy (non-hydrogen) atoms. The van der Waals surface area contributed by atoms with E-state index in [9.17, 15) is 9.59 Å². The van der Waals surface area contributed by atoms with Gasteiger partial charge in [0.25, 0.3) is 0 Å². The molecule has 0 aromatic carbocycles. The molecule has 0 atom stereocenters. The molecule has 0 saturated heterocycles. The Balaban J connectivity index is 3.39. The minimum atomic E-state index is -0.971. The SMILES string of the molecule is [2H]C(=O)[B]C(=O)NCC. The molecule has 1 N–H and O–H groups in total. The molecule has 1 radical (unpaired) electrons. The van der Waals surface area contributed by atoms with Crippen molar-refractivity contribution >= 4 is 19.2 Å². The lowest BCUT2D eigenvalue weighted by Crippen LogP contribution is -2.27. The summed E-state index contributed by atoms with van der Waals surface area (Å²) in [5, 5.41) is 2.34. The summed E-state index contributed by atoms with van der Waals surface area (Å²) in [5.74, 6) is -0.502. The van der Waals surface area contributed by atoms with Crippen molar-refractivity contribution in [2.45, 2.75) is 6.92 Å². The van der Waals surface area contributed by atoms with Crippen LogP contribution in [0.25, 0.3) is 0 Å². The van der Waals surface area contributed by atoms with Gasteiger partial charge >= 0.3 is 7.28 Å². The van der Waals surface area contributed by atoms with Crippen molar-refractivity contribution in [3.8, 4) is 0 Å². The summed E-state index contributed by atoms with van der Waals surface area (Å²) in [5.41, 5.74) is 0. The fraction of sp³-hybridized carbons (Fsp3) is 0.500. The van der Waals surface area contributed by atoms with Crippen LogP contribution >= 0.6 is 0 Å². The van der Waals surface area contributed by atoms with E-state index in [4.69, 9.17) is 1.37 Å². The predicted molar refractivity (Wildman–Crippen MR) is 31.6 cm³/mol. The molecule has 0 aliphatic carbocycles. The molecule has 4 heteroatoms. The van der Waals surface area contributed by atoms with Crippen LogP contribution in [-0.4, -0.2) is 25.8 Å². The van der Waals surface area contributed by atoms with Gasteiger partial charge in [-0.2, -0.15) is 0 Å². The monoisotopic (exact) mass is 113 g/mol. The van der Waals surface area contributed by atoms with Gasteiger partial charge < -0.3 is 10.1 Å². The van der Waals surface area contributed by atoms with Crippen molar-refractivity contribution < 1.29 is 11.0 Å². The van der Waals surface area contributed by atoms with Crippen molar-refractivity contribution in [3.63, 3.8) is 0 Å². The molecule has 0 spiro atoms. The van der Waals surface area contributed by atoms with Crippen molar-refractivity contribution in [2.75, 3.05) is 6.54 Å². The Morgan fingerprint density at radius 3 is 3.12 bits per heavy atom. The Morgan fingerprint density at radius 2 is 2.75 bits per heavy atom. The van der Waals surface area contributed by atoms with Crippen LogP contribution in [0.15, 0.2) is 0 Å². The maximum absolute atomic E-state index is 10.3. The van der Waals surface area contributed by atoms with Crippen LogP contribution in [-0.2, 0) is 4.79 Å². The lowest BCUT2D eigenvalue weighted by molar-refractivity contribution is 0.260. The Hall–Kier alpha value is -0.795. The highest BCUT2D eigenvalue weighted by atomic mass is 16.1. The normalized spacial score (nSPS) is 9.38. The number of amides is 1. The van der Waals surface area contributed by atoms with Crippen LogP contribution in [0.3, 0.4) is 0 Å². The first-order valence-electron chi connectivity index (χ1n) is 2.80. The number of hydrogen-bond donors (Lipinski definition) is 1. The van der Waals surface area contributed by atoms with Gasteiger partial charge in [-0.1, -0.05) is 0 Å². The molecule has 0 rings (SSSR count). The quantitative estimate of drug-likeness (QED) is 0.400. The standard InChI is InChI=1S/C4H7BNO2/c1-2-6-4(8)5-3-7/h3H,2H2,1H3,(H,6,8)/i3D. The summed E-state index contributed by atoms with van der Waals surface area (Å²) in [6.45, 7) is 2.21. The molecule has 0 heterocycles. The van der Waals surface area contributed by atoms with Crippen molar-refractivity contribution in [1.29, 1.82) is 0 Å². The fourth-order valence-electron chi connectivity index (χ4n) is 0.279. The molecule has 1 amide bonds.